The van der Waals surface area contributed by atoms with Crippen LogP contribution in [0.4, 0.5) is 0 Å². The molecule has 0 bridgehead atoms. The predicted octanol–water partition coefficient (Wildman–Crippen LogP) is -0.774. The van der Waals surface area contributed by atoms with Crippen LogP contribution in [0.25, 0.3) is 0 Å². The number of rotatable bonds is 1. The van der Waals surface area contributed by atoms with E-state index < -0.39 is 11.1 Å². The average Bonchev–Trinajstić information content (AvgIpc) is 2.03. The van der Waals surface area contributed by atoms with Crippen LogP contribution in [0.3, 0.4) is 0 Å². The molecule has 0 saturated heterocycles. The molecule has 0 fully saturated rings. The van der Waals surface area contributed by atoms with Gasteiger partial charge in [0, 0.05) is 4.90 Å². The summed E-state index contributed by atoms with van der Waals surface area (Å²) in [5.41, 5.74) is 1.21. The molecule has 0 saturated carbocycles. The zero-order valence-electron chi connectivity index (χ0n) is 9.03. The summed E-state index contributed by atoms with van der Waals surface area (Å²) in [6.07, 6.45) is 0. The average molecular weight is 220 g/mol. The molecule has 1 rings (SSSR count). The third kappa shape index (κ3) is 3.83. The fourth-order valence-corrected chi connectivity index (χ4v) is 1.42. The Balaban J connectivity index is 0.00000169. The maximum Gasteiger partial charge on any atom is 1.00 e. The number of benzene rings is 1. The van der Waals surface area contributed by atoms with Gasteiger partial charge in [-0.15, -0.1) is 0 Å². The van der Waals surface area contributed by atoms with E-state index in [1.807, 2.05) is 12.1 Å². The molecule has 1 atom stereocenters. The van der Waals surface area contributed by atoms with E-state index in [0.717, 1.165) is 5.56 Å². The largest absolute Gasteiger partial charge is 1.00 e. The second-order valence-electron chi connectivity index (χ2n) is 4.01. The summed E-state index contributed by atoms with van der Waals surface area (Å²) < 4.78 is 21.1. The van der Waals surface area contributed by atoms with E-state index >= 15 is 0 Å². The van der Waals surface area contributed by atoms with Crippen LogP contribution < -0.4 is 29.6 Å². The summed E-state index contributed by atoms with van der Waals surface area (Å²) in [6, 6.07) is 6.96. The molecule has 0 radical (unpaired) electrons. The maximum absolute atomic E-state index is 10.6. The minimum Gasteiger partial charge on any atom is -0.768 e. The van der Waals surface area contributed by atoms with Crippen LogP contribution in [0.5, 0.6) is 0 Å². The SMILES string of the molecule is CC(C)(C)c1ccc(S(=O)[O-])cc1.[Na+]. The van der Waals surface area contributed by atoms with E-state index in [1.165, 1.54) is 0 Å². The van der Waals surface area contributed by atoms with Gasteiger partial charge in [-0.2, -0.15) is 0 Å². The molecule has 0 aliphatic rings. The molecule has 0 N–H and O–H groups in total. The van der Waals surface area contributed by atoms with Crippen molar-refractivity contribution in [3.05, 3.63) is 29.8 Å². The van der Waals surface area contributed by atoms with Crippen LogP contribution in [-0.2, 0) is 16.5 Å². The molecule has 1 aromatic rings. The molecule has 0 aliphatic carbocycles. The smallest absolute Gasteiger partial charge is 0.768 e. The zero-order chi connectivity index (χ0) is 10.1. The Labute approximate surface area is 110 Å². The van der Waals surface area contributed by atoms with E-state index in [1.54, 1.807) is 12.1 Å². The minimum atomic E-state index is -2.11. The van der Waals surface area contributed by atoms with E-state index in [2.05, 4.69) is 20.8 Å². The Morgan fingerprint density at radius 3 is 1.86 bits per heavy atom. The molecule has 0 aromatic heterocycles. The van der Waals surface area contributed by atoms with Crippen molar-refractivity contribution in [1.29, 1.82) is 0 Å². The molecule has 0 heterocycles. The second kappa shape index (κ2) is 5.42. The van der Waals surface area contributed by atoms with Crippen molar-refractivity contribution in [1.82, 2.24) is 0 Å². The Kier molecular flexibility index (Phi) is 5.55. The van der Waals surface area contributed by atoms with Gasteiger partial charge in [0.15, 0.2) is 0 Å². The van der Waals surface area contributed by atoms with E-state index in [0.29, 0.717) is 4.90 Å². The third-order valence-electron chi connectivity index (χ3n) is 1.91. The van der Waals surface area contributed by atoms with Crippen LogP contribution in [0.1, 0.15) is 26.3 Å². The molecule has 4 heteroatoms. The van der Waals surface area contributed by atoms with Crippen LogP contribution in [0, 0.1) is 0 Å². The van der Waals surface area contributed by atoms with Crippen molar-refractivity contribution < 1.29 is 38.3 Å². The molecular formula is C10H13NaO2S. The first-order valence-electron chi connectivity index (χ1n) is 4.11. The van der Waals surface area contributed by atoms with Crippen molar-refractivity contribution >= 4 is 11.1 Å². The molecule has 14 heavy (non-hydrogen) atoms. The maximum atomic E-state index is 10.6. The van der Waals surface area contributed by atoms with Crippen LogP contribution >= 0.6 is 0 Å². The standard InChI is InChI=1S/C10H14O2S.Na/c1-10(2,3)8-4-6-9(7-5-8)13(11)12;/h4-7H,1-3H3,(H,11,12);/q;+1/p-1. The van der Waals surface area contributed by atoms with Gasteiger partial charge in [-0.3, -0.25) is 4.21 Å². The predicted molar refractivity (Wildman–Crippen MR) is 52.3 cm³/mol. The first-order chi connectivity index (χ1) is 5.91. The van der Waals surface area contributed by atoms with E-state index in [4.69, 9.17) is 0 Å². The van der Waals surface area contributed by atoms with Crippen molar-refractivity contribution in [3.63, 3.8) is 0 Å². The summed E-state index contributed by atoms with van der Waals surface area (Å²) in [4.78, 5) is 0.341. The third-order valence-corrected chi connectivity index (χ3v) is 2.57. The summed E-state index contributed by atoms with van der Waals surface area (Å²) in [7, 11) is 0. The zero-order valence-corrected chi connectivity index (χ0v) is 11.9. The van der Waals surface area contributed by atoms with E-state index in [9.17, 15) is 8.76 Å². The first kappa shape index (κ1) is 14.3. The Morgan fingerprint density at radius 2 is 1.57 bits per heavy atom. The first-order valence-corrected chi connectivity index (χ1v) is 5.18. The second-order valence-corrected chi connectivity index (χ2v) is 4.95. The van der Waals surface area contributed by atoms with Crippen LogP contribution in [0.2, 0.25) is 0 Å². The van der Waals surface area contributed by atoms with Gasteiger partial charge in [0.05, 0.1) is 0 Å². The molecule has 0 aliphatic heterocycles. The quantitative estimate of drug-likeness (QED) is 0.460. The Bertz CT molecular complexity index is 314. The summed E-state index contributed by atoms with van der Waals surface area (Å²) in [5, 5.41) is 0. The minimum absolute atomic E-state index is 0. The van der Waals surface area contributed by atoms with Gasteiger partial charge in [-0.25, -0.2) is 0 Å². The fourth-order valence-electron chi connectivity index (χ4n) is 1.07. The van der Waals surface area contributed by atoms with Gasteiger partial charge in [0.2, 0.25) is 0 Å². The topological polar surface area (TPSA) is 40.1 Å². The molecule has 1 aromatic carbocycles. The molecule has 2 nitrogen and oxygen atoms in total. The molecule has 1 unspecified atom stereocenters. The number of hydrogen-bond donors (Lipinski definition) is 0. The summed E-state index contributed by atoms with van der Waals surface area (Å²) in [6.45, 7) is 6.28. The van der Waals surface area contributed by atoms with Gasteiger partial charge in [-0.1, -0.05) is 32.9 Å². The summed E-state index contributed by atoms with van der Waals surface area (Å²) in [5.74, 6) is 0. The summed E-state index contributed by atoms with van der Waals surface area (Å²) >= 11 is -2.11. The number of hydrogen-bond acceptors (Lipinski definition) is 2. The monoisotopic (exact) mass is 220 g/mol. The van der Waals surface area contributed by atoms with Crippen LogP contribution in [0.15, 0.2) is 29.2 Å². The van der Waals surface area contributed by atoms with Gasteiger partial charge in [-0.05, 0) is 34.2 Å². The van der Waals surface area contributed by atoms with Gasteiger partial charge in [0.25, 0.3) is 0 Å². The van der Waals surface area contributed by atoms with Crippen molar-refractivity contribution in [2.75, 3.05) is 0 Å². The Hall–Kier alpha value is 0.330. The molecule has 0 spiro atoms. The van der Waals surface area contributed by atoms with Gasteiger partial charge >= 0.3 is 29.6 Å². The van der Waals surface area contributed by atoms with Crippen molar-refractivity contribution in [3.8, 4) is 0 Å². The van der Waals surface area contributed by atoms with Crippen molar-refractivity contribution in [2.24, 2.45) is 0 Å². The van der Waals surface area contributed by atoms with Gasteiger partial charge < -0.3 is 4.55 Å². The van der Waals surface area contributed by atoms with Gasteiger partial charge in [0.1, 0.15) is 0 Å². The van der Waals surface area contributed by atoms with E-state index in [-0.39, 0.29) is 35.0 Å². The van der Waals surface area contributed by atoms with Crippen LogP contribution in [-0.4, -0.2) is 8.76 Å². The van der Waals surface area contributed by atoms with Crippen molar-refractivity contribution in [2.45, 2.75) is 31.1 Å². The fraction of sp³-hybridized carbons (Fsp3) is 0.400. The molecule has 0 amide bonds. The molecule has 72 valence electrons. The molecular weight excluding hydrogens is 207 g/mol. The normalized spacial score (nSPS) is 13.1. The Morgan fingerprint density at radius 1 is 1.14 bits per heavy atom.